The molecule has 0 spiro atoms. The summed E-state index contributed by atoms with van der Waals surface area (Å²) in [5.74, 6) is 1.86. The van der Waals surface area contributed by atoms with Gasteiger partial charge in [0.05, 0.1) is 0 Å². The lowest BCUT2D eigenvalue weighted by Crippen LogP contribution is -2.54. The summed E-state index contributed by atoms with van der Waals surface area (Å²) in [6.07, 6.45) is 5.55. The molecule has 12 heteroatoms. The molecule has 9 N–H and O–H groups in total. The molecule has 1 unspecified atom stereocenters. The van der Waals surface area contributed by atoms with Crippen LogP contribution in [0.3, 0.4) is 0 Å². The Kier molecular flexibility index (Phi) is 8.70. The lowest BCUT2D eigenvalue weighted by molar-refractivity contribution is 0.261. The van der Waals surface area contributed by atoms with Crippen LogP contribution in [0.5, 0.6) is 0 Å². The van der Waals surface area contributed by atoms with Gasteiger partial charge in [-0.05, 0) is 38.5 Å². The molecule has 0 bridgehead atoms. The molecular formula is C20H39ClN10O. The summed E-state index contributed by atoms with van der Waals surface area (Å²) in [5, 5.41) is 9.56. The Bertz CT molecular complexity index is 676. The largest absolute Gasteiger partial charge is 0.396 e. The minimum absolute atomic E-state index is 0. The molecule has 1 aromatic heterocycles. The molecule has 0 amide bonds. The second-order valence-corrected chi connectivity index (χ2v) is 9.41. The van der Waals surface area contributed by atoms with Crippen molar-refractivity contribution in [3.63, 3.8) is 0 Å². The lowest BCUT2D eigenvalue weighted by atomic mass is 10.0. The van der Waals surface area contributed by atoms with Gasteiger partial charge in [-0.3, -0.25) is 0 Å². The van der Waals surface area contributed by atoms with Crippen LogP contribution in [0.1, 0.15) is 38.5 Å². The molecule has 3 saturated heterocycles. The van der Waals surface area contributed by atoms with Crippen molar-refractivity contribution in [1.82, 2.24) is 15.0 Å². The fraction of sp³-hybridized carbons (Fsp3) is 0.850. The minimum atomic E-state index is -0.0126. The minimum Gasteiger partial charge on any atom is -0.396 e. The van der Waals surface area contributed by atoms with Crippen LogP contribution in [0.2, 0.25) is 0 Å². The van der Waals surface area contributed by atoms with Gasteiger partial charge in [0.25, 0.3) is 0 Å². The summed E-state index contributed by atoms with van der Waals surface area (Å²) in [6, 6.07) is 0.170. The van der Waals surface area contributed by atoms with Crippen LogP contribution in [0.25, 0.3) is 0 Å². The number of nitrogens with zero attached hydrogens (tertiary/aromatic N) is 6. The maximum atomic E-state index is 9.56. The zero-order chi connectivity index (χ0) is 22.0. The van der Waals surface area contributed by atoms with Crippen LogP contribution in [-0.2, 0) is 0 Å². The molecule has 0 saturated carbocycles. The monoisotopic (exact) mass is 470 g/mol. The average Bonchev–Trinajstić information content (AvgIpc) is 2.73. The van der Waals surface area contributed by atoms with E-state index in [0.717, 1.165) is 38.6 Å². The second-order valence-electron chi connectivity index (χ2n) is 9.41. The number of rotatable bonds is 5. The number of hydrogen-bond donors (Lipinski definition) is 5. The highest BCUT2D eigenvalue weighted by Crippen LogP contribution is 2.28. The number of halogens is 1. The van der Waals surface area contributed by atoms with Crippen molar-refractivity contribution in [1.29, 1.82) is 0 Å². The molecular weight excluding hydrogens is 432 g/mol. The molecule has 32 heavy (non-hydrogen) atoms. The average molecular weight is 471 g/mol. The highest BCUT2D eigenvalue weighted by Gasteiger charge is 2.31. The first kappa shape index (κ1) is 25.1. The van der Waals surface area contributed by atoms with Gasteiger partial charge in [0.15, 0.2) is 0 Å². The molecule has 11 nitrogen and oxygen atoms in total. The fourth-order valence-corrected chi connectivity index (χ4v) is 5.15. The summed E-state index contributed by atoms with van der Waals surface area (Å²) in [6.45, 7) is 3.67. The Morgan fingerprint density at radius 2 is 1.22 bits per heavy atom. The standard InChI is InChI=1S/C20H38N10O.ClH/c21-13-7-14(22)10-28(9-13)18-25-19(29-11-15(23)8-16(24)12-29)27-20(26-18)30-5-2-1-3-17(30)4-6-31;/h13-17,31H,1-12,21-24H2;1H/t13-,14+,15-,16+,17?;. The van der Waals surface area contributed by atoms with Gasteiger partial charge in [0, 0.05) is 69.5 Å². The SMILES string of the molecule is Cl.N[C@@H]1C[C@H](N)CN(c2nc(N3C[C@H](N)C[C@H](N)C3)nc(N3CCCCC3CCO)n2)C1. The maximum Gasteiger partial charge on any atom is 0.232 e. The molecule has 3 aliphatic rings. The van der Waals surface area contributed by atoms with Crippen LogP contribution in [0.15, 0.2) is 0 Å². The van der Waals surface area contributed by atoms with E-state index in [1.54, 1.807) is 0 Å². The molecule has 0 aromatic carbocycles. The van der Waals surface area contributed by atoms with E-state index in [9.17, 15) is 5.11 Å². The Morgan fingerprint density at radius 1 is 0.750 bits per heavy atom. The van der Waals surface area contributed by atoms with Crippen molar-refractivity contribution in [2.45, 2.75) is 68.7 Å². The second kappa shape index (κ2) is 11.1. The number of aliphatic hydroxyl groups is 1. The number of piperidine rings is 3. The van der Waals surface area contributed by atoms with Crippen LogP contribution in [0, 0.1) is 0 Å². The predicted octanol–water partition coefficient (Wildman–Crippen LogP) is -1.24. The maximum absolute atomic E-state index is 9.56. The fourth-order valence-electron chi connectivity index (χ4n) is 5.15. The molecule has 4 rings (SSSR count). The van der Waals surface area contributed by atoms with Crippen molar-refractivity contribution < 1.29 is 5.11 Å². The van der Waals surface area contributed by atoms with Gasteiger partial charge in [0.2, 0.25) is 17.8 Å². The van der Waals surface area contributed by atoms with E-state index in [0.29, 0.717) is 50.4 Å². The smallest absolute Gasteiger partial charge is 0.232 e. The Balaban J connectivity index is 0.00000289. The Morgan fingerprint density at radius 3 is 1.69 bits per heavy atom. The predicted molar refractivity (Wildman–Crippen MR) is 129 cm³/mol. The van der Waals surface area contributed by atoms with Gasteiger partial charge >= 0.3 is 0 Å². The third kappa shape index (κ3) is 5.89. The number of nitrogens with two attached hydrogens (primary N) is 4. The normalized spacial score (nSPS) is 31.4. The van der Waals surface area contributed by atoms with E-state index in [4.69, 9.17) is 37.9 Å². The Hall–Kier alpha value is -1.50. The van der Waals surface area contributed by atoms with E-state index in [-0.39, 0.29) is 49.2 Å². The van der Waals surface area contributed by atoms with Crippen LogP contribution < -0.4 is 37.6 Å². The number of aromatic nitrogens is 3. The Labute approximate surface area is 196 Å². The van der Waals surface area contributed by atoms with Crippen molar-refractivity contribution in [2.75, 3.05) is 54.0 Å². The van der Waals surface area contributed by atoms with Crippen molar-refractivity contribution in [3.05, 3.63) is 0 Å². The molecule has 0 aliphatic carbocycles. The van der Waals surface area contributed by atoms with E-state index < -0.39 is 0 Å². The van der Waals surface area contributed by atoms with E-state index in [1.165, 1.54) is 0 Å². The van der Waals surface area contributed by atoms with E-state index in [2.05, 4.69) is 14.7 Å². The van der Waals surface area contributed by atoms with E-state index >= 15 is 0 Å². The molecule has 0 radical (unpaired) electrons. The van der Waals surface area contributed by atoms with Gasteiger partial charge in [-0.25, -0.2) is 0 Å². The summed E-state index contributed by atoms with van der Waals surface area (Å²) >= 11 is 0. The first-order valence-electron chi connectivity index (χ1n) is 11.6. The van der Waals surface area contributed by atoms with Crippen molar-refractivity contribution >= 4 is 30.3 Å². The number of aliphatic hydroxyl groups excluding tert-OH is 1. The molecule has 1 aromatic rings. The van der Waals surface area contributed by atoms with Crippen molar-refractivity contribution in [2.24, 2.45) is 22.9 Å². The zero-order valence-electron chi connectivity index (χ0n) is 18.7. The van der Waals surface area contributed by atoms with Crippen LogP contribution >= 0.6 is 12.4 Å². The van der Waals surface area contributed by atoms with E-state index in [1.807, 2.05) is 0 Å². The lowest BCUT2D eigenvalue weighted by Gasteiger charge is -2.39. The molecule has 5 atom stereocenters. The topological polar surface area (TPSA) is 173 Å². The summed E-state index contributed by atoms with van der Waals surface area (Å²) in [4.78, 5) is 20.9. The van der Waals surface area contributed by atoms with Crippen molar-refractivity contribution in [3.8, 4) is 0 Å². The highest BCUT2D eigenvalue weighted by molar-refractivity contribution is 5.85. The molecule has 4 heterocycles. The van der Waals surface area contributed by atoms with Gasteiger partial charge in [0.1, 0.15) is 0 Å². The highest BCUT2D eigenvalue weighted by atomic mass is 35.5. The van der Waals surface area contributed by atoms with Gasteiger partial charge < -0.3 is 42.7 Å². The quantitative estimate of drug-likeness (QED) is 0.348. The van der Waals surface area contributed by atoms with Gasteiger partial charge in [-0.2, -0.15) is 15.0 Å². The van der Waals surface area contributed by atoms with Crippen LogP contribution in [0.4, 0.5) is 17.8 Å². The molecule has 3 fully saturated rings. The first-order chi connectivity index (χ1) is 14.9. The summed E-state index contributed by atoms with van der Waals surface area (Å²) in [5.41, 5.74) is 25.0. The van der Waals surface area contributed by atoms with Gasteiger partial charge in [-0.1, -0.05) is 0 Å². The third-order valence-electron chi connectivity index (χ3n) is 6.54. The first-order valence-corrected chi connectivity index (χ1v) is 11.6. The third-order valence-corrected chi connectivity index (χ3v) is 6.54. The zero-order valence-corrected chi connectivity index (χ0v) is 19.5. The number of hydrogen-bond acceptors (Lipinski definition) is 11. The summed E-state index contributed by atoms with van der Waals surface area (Å²) in [7, 11) is 0. The molecule has 182 valence electrons. The number of anilines is 3. The summed E-state index contributed by atoms with van der Waals surface area (Å²) < 4.78 is 0. The molecule has 3 aliphatic heterocycles. The van der Waals surface area contributed by atoms with Gasteiger partial charge in [-0.15, -0.1) is 12.4 Å². The van der Waals surface area contributed by atoms with Crippen LogP contribution in [-0.4, -0.2) is 89.6 Å².